The van der Waals surface area contributed by atoms with Gasteiger partial charge in [0.05, 0.1) is 35.4 Å². The molecule has 152 valence electrons. The number of aromatic nitrogens is 5. The van der Waals surface area contributed by atoms with Crippen molar-refractivity contribution in [3.05, 3.63) is 75.1 Å². The smallest absolute Gasteiger partial charge is 0.255 e. The Hall–Kier alpha value is -3.39. The first kappa shape index (κ1) is 19.9. The van der Waals surface area contributed by atoms with Crippen molar-refractivity contribution in [3.8, 4) is 17.2 Å². The van der Waals surface area contributed by atoms with Crippen LogP contribution in [-0.2, 0) is 6.54 Å². The molecule has 0 spiro atoms. The normalized spacial score (nSPS) is 10.9. The van der Waals surface area contributed by atoms with Gasteiger partial charge < -0.3 is 5.32 Å². The van der Waals surface area contributed by atoms with Crippen LogP contribution in [0.1, 0.15) is 37.2 Å². The number of rotatable bonds is 5. The van der Waals surface area contributed by atoms with Gasteiger partial charge in [0, 0.05) is 27.2 Å². The van der Waals surface area contributed by atoms with Crippen LogP contribution in [0.15, 0.2) is 42.7 Å². The Bertz CT molecular complexity index is 1230. The average Bonchev–Trinajstić information content (AvgIpc) is 3.28. The summed E-state index contributed by atoms with van der Waals surface area (Å²) in [5.74, 6) is 0.232. The van der Waals surface area contributed by atoms with Gasteiger partial charge in [0.2, 0.25) is 0 Å². The summed E-state index contributed by atoms with van der Waals surface area (Å²) in [6.07, 6.45) is 3.26. The van der Waals surface area contributed by atoms with Gasteiger partial charge in [-0.3, -0.25) is 9.78 Å². The largest absolute Gasteiger partial charge is 0.346 e. The molecule has 0 atom stereocenters. The molecule has 4 aromatic rings. The van der Waals surface area contributed by atoms with E-state index in [1.54, 1.807) is 28.4 Å². The molecule has 0 saturated heterocycles. The lowest BCUT2D eigenvalue weighted by Crippen LogP contribution is -2.24. The molecule has 0 fully saturated rings. The molecule has 8 heteroatoms. The molecule has 0 unspecified atom stereocenters. The SMILES string of the molecule is Cc1cccc(CNC(=O)c2cnn(-c3nccc(-c4cc(C)sc4C)n3)c2C)n1. The number of amides is 1. The van der Waals surface area contributed by atoms with Crippen LogP contribution < -0.4 is 5.32 Å². The molecule has 0 aliphatic rings. The van der Waals surface area contributed by atoms with Crippen molar-refractivity contribution in [1.82, 2.24) is 30.0 Å². The van der Waals surface area contributed by atoms with Gasteiger partial charge in [-0.1, -0.05) is 6.07 Å². The molecular weight excluding hydrogens is 396 g/mol. The summed E-state index contributed by atoms with van der Waals surface area (Å²) in [5, 5.41) is 7.26. The zero-order valence-electron chi connectivity index (χ0n) is 17.3. The quantitative estimate of drug-likeness (QED) is 0.530. The first-order valence-corrected chi connectivity index (χ1v) is 10.4. The van der Waals surface area contributed by atoms with Gasteiger partial charge in [-0.15, -0.1) is 11.3 Å². The van der Waals surface area contributed by atoms with E-state index in [2.05, 4.69) is 45.3 Å². The Morgan fingerprint density at radius 2 is 1.97 bits per heavy atom. The predicted octanol–water partition coefficient (Wildman–Crippen LogP) is 3.95. The minimum atomic E-state index is -0.206. The second-order valence-electron chi connectivity index (χ2n) is 7.08. The van der Waals surface area contributed by atoms with E-state index in [0.29, 0.717) is 23.8 Å². The minimum Gasteiger partial charge on any atom is -0.346 e. The zero-order chi connectivity index (χ0) is 21.3. The van der Waals surface area contributed by atoms with Crippen molar-refractivity contribution in [3.63, 3.8) is 0 Å². The fraction of sp³-hybridized carbons (Fsp3) is 0.227. The molecule has 0 aliphatic carbocycles. The van der Waals surface area contributed by atoms with E-state index >= 15 is 0 Å². The summed E-state index contributed by atoms with van der Waals surface area (Å²) in [5.41, 5.74) is 4.83. The van der Waals surface area contributed by atoms with Crippen LogP contribution in [0.4, 0.5) is 0 Å². The van der Waals surface area contributed by atoms with Gasteiger partial charge in [-0.2, -0.15) is 5.10 Å². The van der Waals surface area contributed by atoms with E-state index in [0.717, 1.165) is 22.6 Å². The van der Waals surface area contributed by atoms with Gasteiger partial charge in [-0.05, 0) is 52.0 Å². The topological polar surface area (TPSA) is 85.6 Å². The molecule has 0 aromatic carbocycles. The van der Waals surface area contributed by atoms with Crippen LogP contribution >= 0.6 is 11.3 Å². The number of nitrogens with zero attached hydrogens (tertiary/aromatic N) is 5. The summed E-state index contributed by atoms with van der Waals surface area (Å²) in [6, 6.07) is 9.75. The molecule has 30 heavy (non-hydrogen) atoms. The van der Waals surface area contributed by atoms with Gasteiger partial charge in [0.25, 0.3) is 11.9 Å². The van der Waals surface area contributed by atoms with Crippen molar-refractivity contribution in [2.24, 2.45) is 0 Å². The number of hydrogen-bond acceptors (Lipinski definition) is 6. The molecule has 0 bridgehead atoms. The van der Waals surface area contributed by atoms with Crippen molar-refractivity contribution < 1.29 is 4.79 Å². The number of nitrogens with one attached hydrogen (secondary N) is 1. The van der Waals surface area contributed by atoms with E-state index in [1.165, 1.54) is 9.75 Å². The van der Waals surface area contributed by atoms with E-state index in [9.17, 15) is 4.79 Å². The standard InChI is InChI=1S/C22H22N6OS/c1-13-6-5-7-17(26-13)11-24-21(29)19-12-25-28(15(19)3)22-23-9-8-20(27-22)18-10-14(2)30-16(18)4/h5-10,12H,11H2,1-4H3,(H,24,29). The summed E-state index contributed by atoms with van der Waals surface area (Å²) in [7, 11) is 0. The van der Waals surface area contributed by atoms with E-state index in [-0.39, 0.29) is 5.91 Å². The van der Waals surface area contributed by atoms with Crippen molar-refractivity contribution in [2.75, 3.05) is 0 Å². The van der Waals surface area contributed by atoms with Crippen molar-refractivity contribution in [1.29, 1.82) is 0 Å². The van der Waals surface area contributed by atoms with Gasteiger partial charge in [0.15, 0.2) is 0 Å². The second-order valence-corrected chi connectivity index (χ2v) is 8.54. The van der Waals surface area contributed by atoms with Gasteiger partial charge in [-0.25, -0.2) is 14.6 Å². The Kier molecular flexibility index (Phi) is 5.41. The third-order valence-electron chi connectivity index (χ3n) is 4.78. The number of hydrogen-bond donors (Lipinski definition) is 1. The van der Waals surface area contributed by atoms with Crippen LogP contribution in [0.25, 0.3) is 17.2 Å². The van der Waals surface area contributed by atoms with Crippen molar-refractivity contribution in [2.45, 2.75) is 34.2 Å². The Morgan fingerprint density at radius 3 is 2.70 bits per heavy atom. The molecule has 4 rings (SSSR count). The molecule has 0 aliphatic heterocycles. The maximum absolute atomic E-state index is 12.7. The first-order valence-electron chi connectivity index (χ1n) is 9.58. The molecule has 0 saturated carbocycles. The monoisotopic (exact) mass is 418 g/mol. The maximum atomic E-state index is 12.7. The fourth-order valence-corrected chi connectivity index (χ4v) is 4.22. The lowest BCUT2D eigenvalue weighted by molar-refractivity contribution is 0.0949. The molecular formula is C22H22N6OS. The van der Waals surface area contributed by atoms with E-state index in [1.807, 2.05) is 38.1 Å². The third-order valence-corrected chi connectivity index (χ3v) is 5.75. The Labute approximate surface area is 178 Å². The van der Waals surface area contributed by atoms with Crippen LogP contribution in [-0.4, -0.2) is 30.6 Å². The molecule has 1 amide bonds. The van der Waals surface area contributed by atoms with Gasteiger partial charge >= 0.3 is 0 Å². The lowest BCUT2D eigenvalue weighted by Gasteiger charge is -2.07. The average molecular weight is 419 g/mol. The van der Waals surface area contributed by atoms with Crippen LogP contribution in [0.3, 0.4) is 0 Å². The number of carbonyl (C=O) groups excluding carboxylic acids is 1. The molecule has 4 aromatic heterocycles. The molecule has 0 radical (unpaired) electrons. The lowest BCUT2D eigenvalue weighted by atomic mass is 10.2. The second kappa shape index (κ2) is 8.16. The summed E-state index contributed by atoms with van der Waals surface area (Å²) < 4.78 is 1.60. The van der Waals surface area contributed by atoms with Crippen LogP contribution in [0.2, 0.25) is 0 Å². The van der Waals surface area contributed by atoms with Crippen LogP contribution in [0, 0.1) is 27.7 Å². The zero-order valence-corrected chi connectivity index (χ0v) is 18.1. The Morgan fingerprint density at radius 1 is 1.13 bits per heavy atom. The molecule has 1 N–H and O–H groups in total. The first-order chi connectivity index (χ1) is 14.4. The summed E-state index contributed by atoms with van der Waals surface area (Å²) in [6.45, 7) is 8.28. The summed E-state index contributed by atoms with van der Waals surface area (Å²) in [4.78, 5) is 28.6. The highest BCUT2D eigenvalue weighted by Gasteiger charge is 2.17. The maximum Gasteiger partial charge on any atom is 0.255 e. The number of thiophene rings is 1. The minimum absolute atomic E-state index is 0.206. The van der Waals surface area contributed by atoms with E-state index < -0.39 is 0 Å². The number of carbonyl (C=O) groups is 1. The Balaban J connectivity index is 1.56. The van der Waals surface area contributed by atoms with Gasteiger partial charge in [0.1, 0.15) is 0 Å². The summed E-state index contributed by atoms with van der Waals surface area (Å²) >= 11 is 1.74. The number of pyridine rings is 1. The molecule has 4 heterocycles. The van der Waals surface area contributed by atoms with Crippen LogP contribution in [0.5, 0.6) is 0 Å². The fourth-order valence-electron chi connectivity index (χ4n) is 3.28. The predicted molar refractivity (Wildman–Crippen MR) is 117 cm³/mol. The van der Waals surface area contributed by atoms with Crippen molar-refractivity contribution >= 4 is 17.2 Å². The molecule has 7 nitrogen and oxygen atoms in total. The number of aryl methyl sites for hydroxylation is 3. The highest BCUT2D eigenvalue weighted by molar-refractivity contribution is 7.12. The highest BCUT2D eigenvalue weighted by atomic mass is 32.1. The van der Waals surface area contributed by atoms with E-state index in [4.69, 9.17) is 0 Å². The highest BCUT2D eigenvalue weighted by Crippen LogP contribution is 2.29. The third kappa shape index (κ3) is 3.99.